The molecule has 0 aliphatic rings. The van der Waals surface area contributed by atoms with Crippen molar-refractivity contribution in [2.75, 3.05) is 6.61 Å². The summed E-state index contributed by atoms with van der Waals surface area (Å²) in [7, 11) is 0. The maximum Gasteiger partial charge on any atom is 0.0827 e. The van der Waals surface area contributed by atoms with Crippen LogP contribution in [0.1, 0.15) is 79.1 Å². The highest BCUT2D eigenvalue weighted by atomic mass is 16.5. The van der Waals surface area contributed by atoms with Gasteiger partial charge in [0.1, 0.15) is 0 Å². The molecule has 0 aromatic carbocycles. The first-order chi connectivity index (χ1) is 8.16. The van der Waals surface area contributed by atoms with Crippen LogP contribution in [-0.4, -0.2) is 18.2 Å². The van der Waals surface area contributed by atoms with Crippen LogP contribution in [0.4, 0.5) is 0 Å². The Morgan fingerprint density at radius 3 is 2.00 bits per heavy atom. The fraction of sp³-hybridized carbons (Fsp3) is 1.00. The first-order valence-corrected chi connectivity index (χ1v) is 7.56. The third-order valence-corrected chi connectivity index (χ3v) is 3.92. The molecule has 0 aromatic heterocycles. The zero-order valence-electron chi connectivity index (χ0n) is 12.4. The largest absolute Gasteiger partial charge is 0.374 e. The highest BCUT2D eigenvalue weighted by molar-refractivity contribution is 4.89. The smallest absolute Gasteiger partial charge is 0.0827 e. The van der Waals surface area contributed by atoms with Crippen molar-refractivity contribution in [2.45, 2.75) is 90.7 Å². The van der Waals surface area contributed by atoms with Crippen LogP contribution in [0.5, 0.6) is 0 Å². The predicted octanol–water partition coefficient (Wildman–Crippen LogP) is 4.27. The fourth-order valence-corrected chi connectivity index (χ4v) is 2.60. The summed E-state index contributed by atoms with van der Waals surface area (Å²) in [6.07, 6.45) is 9.72. The van der Waals surface area contributed by atoms with E-state index in [1.165, 1.54) is 32.1 Å². The standard InChI is InChI=1S/C15H33NO/c1-5-9-10-11-12-13-14(16)15(6-2,7-3)17-8-4/h14H,5-13,16H2,1-4H3. The molecular formula is C15H33NO. The Kier molecular flexibility index (Phi) is 9.85. The van der Waals surface area contributed by atoms with Gasteiger partial charge in [0.15, 0.2) is 0 Å². The number of unbranched alkanes of at least 4 members (excludes halogenated alkanes) is 4. The van der Waals surface area contributed by atoms with E-state index in [0.29, 0.717) is 0 Å². The molecule has 0 spiro atoms. The Morgan fingerprint density at radius 1 is 0.941 bits per heavy atom. The molecule has 1 atom stereocenters. The van der Waals surface area contributed by atoms with Crippen molar-refractivity contribution in [1.29, 1.82) is 0 Å². The van der Waals surface area contributed by atoms with Gasteiger partial charge in [0.25, 0.3) is 0 Å². The Hall–Kier alpha value is -0.0800. The Morgan fingerprint density at radius 2 is 1.53 bits per heavy atom. The third kappa shape index (κ3) is 5.87. The molecule has 0 aromatic rings. The fourth-order valence-electron chi connectivity index (χ4n) is 2.60. The van der Waals surface area contributed by atoms with Gasteiger partial charge < -0.3 is 10.5 Å². The van der Waals surface area contributed by atoms with E-state index in [1.807, 2.05) is 0 Å². The van der Waals surface area contributed by atoms with E-state index in [0.717, 1.165) is 25.9 Å². The van der Waals surface area contributed by atoms with E-state index in [1.54, 1.807) is 0 Å². The van der Waals surface area contributed by atoms with E-state index in [4.69, 9.17) is 10.5 Å². The molecule has 0 saturated carbocycles. The van der Waals surface area contributed by atoms with Gasteiger partial charge in [-0.25, -0.2) is 0 Å². The van der Waals surface area contributed by atoms with Crippen LogP contribution in [0.15, 0.2) is 0 Å². The van der Waals surface area contributed by atoms with E-state index in [-0.39, 0.29) is 11.6 Å². The minimum Gasteiger partial charge on any atom is -0.374 e. The SMILES string of the molecule is CCCCCCCC(N)C(CC)(CC)OCC. The second-order valence-electron chi connectivity index (χ2n) is 5.01. The molecule has 104 valence electrons. The van der Waals surface area contributed by atoms with Gasteiger partial charge in [-0.15, -0.1) is 0 Å². The van der Waals surface area contributed by atoms with Crippen molar-refractivity contribution >= 4 is 0 Å². The van der Waals surface area contributed by atoms with Gasteiger partial charge in [0.2, 0.25) is 0 Å². The zero-order valence-corrected chi connectivity index (χ0v) is 12.4. The van der Waals surface area contributed by atoms with E-state index >= 15 is 0 Å². The Balaban J connectivity index is 4.01. The molecule has 17 heavy (non-hydrogen) atoms. The average molecular weight is 243 g/mol. The maximum atomic E-state index is 6.35. The summed E-state index contributed by atoms with van der Waals surface area (Å²) >= 11 is 0. The van der Waals surface area contributed by atoms with Crippen LogP contribution >= 0.6 is 0 Å². The number of rotatable bonds is 11. The van der Waals surface area contributed by atoms with Crippen LogP contribution in [0.3, 0.4) is 0 Å². The highest BCUT2D eigenvalue weighted by Crippen LogP contribution is 2.26. The van der Waals surface area contributed by atoms with Crippen molar-refractivity contribution in [3.63, 3.8) is 0 Å². The van der Waals surface area contributed by atoms with Crippen LogP contribution in [-0.2, 0) is 4.74 Å². The minimum atomic E-state index is -0.0838. The van der Waals surface area contributed by atoms with Gasteiger partial charge in [-0.2, -0.15) is 0 Å². The third-order valence-electron chi connectivity index (χ3n) is 3.92. The summed E-state index contributed by atoms with van der Waals surface area (Å²) in [5.74, 6) is 0. The monoisotopic (exact) mass is 243 g/mol. The number of hydrogen-bond donors (Lipinski definition) is 1. The molecule has 1 unspecified atom stereocenters. The van der Waals surface area contributed by atoms with Crippen molar-refractivity contribution in [2.24, 2.45) is 5.73 Å². The van der Waals surface area contributed by atoms with Crippen LogP contribution < -0.4 is 5.73 Å². The first-order valence-electron chi connectivity index (χ1n) is 7.56. The van der Waals surface area contributed by atoms with Gasteiger partial charge in [0, 0.05) is 12.6 Å². The quantitative estimate of drug-likeness (QED) is 0.550. The molecular weight excluding hydrogens is 210 g/mol. The van der Waals surface area contributed by atoms with Crippen LogP contribution in [0.25, 0.3) is 0 Å². The lowest BCUT2D eigenvalue weighted by Gasteiger charge is -2.37. The molecule has 0 amide bonds. The van der Waals surface area contributed by atoms with Gasteiger partial charge in [-0.05, 0) is 26.2 Å². The van der Waals surface area contributed by atoms with Gasteiger partial charge in [0.05, 0.1) is 5.60 Å². The van der Waals surface area contributed by atoms with Crippen LogP contribution in [0, 0.1) is 0 Å². The second-order valence-corrected chi connectivity index (χ2v) is 5.01. The lowest BCUT2D eigenvalue weighted by Crippen LogP contribution is -2.49. The topological polar surface area (TPSA) is 35.2 Å². The number of ether oxygens (including phenoxy) is 1. The summed E-state index contributed by atoms with van der Waals surface area (Å²) < 4.78 is 5.94. The van der Waals surface area contributed by atoms with Crippen molar-refractivity contribution < 1.29 is 4.74 Å². The Labute approximate surface area is 108 Å². The van der Waals surface area contributed by atoms with Gasteiger partial charge in [-0.1, -0.05) is 52.9 Å². The molecule has 0 rings (SSSR count). The van der Waals surface area contributed by atoms with Gasteiger partial charge >= 0.3 is 0 Å². The van der Waals surface area contributed by atoms with E-state index < -0.39 is 0 Å². The van der Waals surface area contributed by atoms with Crippen molar-refractivity contribution in [3.8, 4) is 0 Å². The molecule has 2 N–H and O–H groups in total. The zero-order chi connectivity index (χ0) is 13.1. The molecule has 0 saturated heterocycles. The molecule has 0 heterocycles. The van der Waals surface area contributed by atoms with Crippen LogP contribution in [0.2, 0.25) is 0 Å². The predicted molar refractivity (Wildman–Crippen MR) is 76.3 cm³/mol. The van der Waals surface area contributed by atoms with E-state index in [2.05, 4.69) is 27.7 Å². The lowest BCUT2D eigenvalue weighted by atomic mass is 9.85. The lowest BCUT2D eigenvalue weighted by molar-refractivity contribution is -0.0654. The number of nitrogens with two attached hydrogens (primary N) is 1. The normalized spacial score (nSPS) is 13.9. The summed E-state index contributed by atoms with van der Waals surface area (Å²) in [6.45, 7) is 9.46. The average Bonchev–Trinajstić information content (AvgIpc) is 2.35. The molecule has 2 nitrogen and oxygen atoms in total. The molecule has 0 radical (unpaired) electrons. The first kappa shape index (κ1) is 16.9. The molecule has 0 aliphatic heterocycles. The minimum absolute atomic E-state index is 0.0838. The molecule has 0 fully saturated rings. The number of hydrogen-bond acceptors (Lipinski definition) is 2. The summed E-state index contributed by atoms with van der Waals surface area (Å²) in [6, 6.07) is 0.194. The molecule has 2 heteroatoms. The summed E-state index contributed by atoms with van der Waals surface area (Å²) in [5.41, 5.74) is 6.27. The molecule has 0 aliphatic carbocycles. The van der Waals surface area contributed by atoms with Gasteiger partial charge in [-0.3, -0.25) is 0 Å². The maximum absolute atomic E-state index is 6.35. The Bertz CT molecular complexity index is 166. The van der Waals surface area contributed by atoms with Crippen molar-refractivity contribution in [3.05, 3.63) is 0 Å². The molecule has 0 bridgehead atoms. The summed E-state index contributed by atoms with van der Waals surface area (Å²) in [5, 5.41) is 0. The second kappa shape index (κ2) is 9.90. The van der Waals surface area contributed by atoms with Crippen molar-refractivity contribution in [1.82, 2.24) is 0 Å². The summed E-state index contributed by atoms with van der Waals surface area (Å²) in [4.78, 5) is 0. The highest BCUT2D eigenvalue weighted by Gasteiger charge is 2.33. The van der Waals surface area contributed by atoms with E-state index in [9.17, 15) is 0 Å².